The van der Waals surface area contributed by atoms with Gasteiger partial charge in [0.05, 0.1) is 54.4 Å². The van der Waals surface area contributed by atoms with Gasteiger partial charge in [0, 0.05) is 30.8 Å². The Hall–Kier alpha value is -4.18. The number of esters is 1. The summed E-state index contributed by atoms with van der Waals surface area (Å²) in [5.41, 5.74) is 2.19. The summed E-state index contributed by atoms with van der Waals surface area (Å²) in [6.45, 7) is 1.65. The van der Waals surface area contributed by atoms with E-state index in [0.29, 0.717) is 47.4 Å². The van der Waals surface area contributed by atoms with Crippen molar-refractivity contribution in [3.63, 3.8) is 0 Å². The third kappa shape index (κ3) is 5.96. The predicted octanol–water partition coefficient (Wildman–Crippen LogP) is 3.63. The molecule has 0 saturated carbocycles. The molecule has 3 aromatic rings. The number of hydrogen-bond donors (Lipinski definition) is 1. The number of ether oxygens (including phenoxy) is 5. The molecule has 2 aromatic carbocycles. The number of nitrogens with zero attached hydrogens (tertiary/aromatic N) is 1. The van der Waals surface area contributed by atoms with E-state index in [1.165, 1.54) is 33.0 Å². The van der Waals surface area contributed by atoms with Crippen LogP contribution in [-0.4, -0.2) is 58.1 Å². The Kier molecular flexibility index (Phi) is 8.65. The summed E-state index contributed by atoms with van der Waals surface area (Å²) in [6, 6.07) is 10.3. The molecule has 1 aliphatic rings. The lowest BCUT2D eigenvalue weighted by Gasteiger charge is -2.29. The van der Waals surface area contributed by atoms with Gasteiger partial charge in [-0.1, -0.05) is 6.07 Å². The van der Waals surface area contributed by atoms with Crippen molar-refractivity contribution in [3.05, 3.63) is 74.8 Å². The van der Waals surface area contributed by atoms with Crippen LogP contribution in [0.15, 0.2) is 45.6 Å². The highest BCUT2D eigenvalue weighted by molar-refractivity contribution is 5.71. The number of rotatable bonds is 10. The van der Waals surface area contributed by atoms with Gasteiger partial charge in [-0.3, -0.25) is 14.5 Å². The summed E-state index contributed by atoms with van der Waals surface area (Å²) in [5.74, 6) is 0.673. The second-order valence-corrected chi connectivity index (χ2v) is 9.17. The maximum Gasteiger partial charge on any atom is 0.306 e. The van der Waals surface area contributed by atoms with E-state index in [-0.39, 0.29) is 12.2 Å². The fourth-order valence-corrected chi connectivity index (χ4v) is 4.87. The SMILES string of the molecule is COC(=O)C[C@@H](c1ccc(OC)cc1OC)c1oc(CN2CCc3cc(OC)c(OC)cc3C2)cc(=O)c1O. The van der Waals surface area contributed by atoms with E-state index < -0.39 is 23.1 Å². The lowest BCUT2D eigenvalue weighted by molar-refractivity contribution is -0.140. The number of hydrogen-bond acceptors (Lipinski definition) is 10. The van der Waals surface area contributed by atoms with Crippen molar-refractivity contribution in [2.45, 2.75) is 31.8 Å². The fraction of sp³-hybridized carbons (Fsp3) is 0.379. The van der Waals surface area contributed by atoms with Crippen LogP contribution in [0.5, 0.6) is 28.7 Å². The van der Waals surface area contributed by atoms with Gasteiger partial charge in [-0.2, -0.15) is 0 Å². The molecule has 0 radical (unpaired) electrons. The molecule has 1 N–H and O–H groups in total. The third-order valence-corrected chi connectivity index (χ3v) is 6.91. The molecule has 10 heteroatoms. The molecule has 2 heterocycles. The Bertz CT molecular complexity index is 1400. The quantitative estimate of drug-likeness (QED) is 0.383. The average molecular weight is 540 g/mol. The van der Waals surface area contributed by atoms with E-state index in [4.69, 9.17) is 28.1 Å². The van der Waals surface area contributed by atoms with E-state index >= 15 is 0 Å². The summed E-state index contributed by atoms with van der Waals surface area (Å²) in [6.07, 6.45) is 0.594. The van der Waals surface area contributed by atoms with Crippen LogP contribution in [0.1, 0.15) is 40.5 Å². The van der Waals surface area contributed by atoms with Gasteiger partial charge in [0.25, 0.3) is 0 Å². The highest BCUT2D eigenvalue weighted by Gasteiger charge is 2.30. The molecule has 0 unspecified atom stereocenters. The molecule has 0 spiro atoms. The van der Waals surface area contributed by atoms with Crippen molar-refractivity contribution in [1.29, 1.82) is 0 Å². The van der Waals surface area contributed by atoms with Gasteiger partial charge in [0.1, 0.15) is 17.3 Å². The number of benzene rings is 2. The van der Waals surface area contributed by atoms with Crippen molar-refractivity contribution < 1.29 is 38.0 Å². The molecule has 1 aliphatic heterocycles. The van der Waals surface area contributed by atoms with Gasteiger partial charge in [0.2, 0.25) is 11.2 Å². The van der Waals surface area contributed by atoms with Crippen LogP contribution < -0.4 is 24.4 Å². The van der Waals surface area contributed by atoms with E-state index in [9.17, 15) is 14.7 Å². The monoisotopic (exact) mass is 539 g/mol. The van der Waals surface area contributed by atoms with Crippen LogP contribution in [0.25, 0.3) is 0 Å². The predicted molar refractivity (Wildman–Crippen MR) is 142 cm³/mol. The van der Waals surface area contributed by atoms with E-state index in [0.717, 1.165) is 18.5 Å². The topological polar surface area (TPSA) is 117 Å². The summed E-state index contributed by atoms with van der Waals surface area (Å²) < 4.78 is 32.7. The van der Waals surface area contributed by atoms with Crippen molar-refractivity contribution >= 4 is 5.97 Å². The normalized spacial score (nSPS) is 13.8. The smallest absolute Gasteiger partial charge is 0.306 e. The van der Waals surface area contributed by atoms with Crippen LogP contribution in [0.2, 0.25) is 0 Å². The van der Waals surface area contributed by atoms with Crippen LogP contribution >= 0.6 is 0 Å². The first-order valence-electron chi connectivity index (χ1n) is 12.4. The van der Waals surface area contributed by atoms with Gasteiger partial charge < -0.3 is 33.2 Å². The van der Waals surface area contributed by atoms with Gasteiger partial charge in [-0.15, -0.1) is 0 Å². The second kappa shape index (κ2) is 12.1. The molecule has 1 atom stereocenters. The molecule has 0 fully saturated rings. The molecule has 0 aliphatic carbocycles. The average Bonchev–Trinajstić information content (AvgIpc) is 2.96. The molecular weight excluding hydrogens is 506 g/mol. The Morgan fingerprint density at radius 1 is 0.949 bits per heavy atom. The van der Waals surface area contributed by atoms with Crippen LogP contribution in [0.4, 0.5) is 0 Å². The van der Waals surface area contributed by atoms with E-state index in [1.807, 2.05) is 12.1 Å². The lowest BCUT2D eigenvalue weighted by Crippen LogP contribution is -2.30. The maximum absolute atomic E-state index is 12.9. The molecule has 0 bridgehead atoms. The van der Waals surface area contributed by atoms with Crippen LogP contribution in [0.3, 0.4) is 0 Å². The zero-order valence-electron chi connectivity index (χ0n) is 22.7. The molecule has 10 nitrogen and oxygen atoms in total. The van der Waals surface area contributed by atoms with E-state index in [1.54, 1.807) is 32.4 Å². The van der Waals surface area contributed by atoms with Crippen molar-refractivity contribution in [3.8, 4) is 28.7 Å². The largest absolute Gasteiger partial charge is 0.502 e. The summed E-state index contributed by atoms with van der Waals surface area (Å²) in [7, 11) is 7.49. The number of fused-ring (bicyclic) bond motifs is 1. The standard InChI is InChI=1S/C29H33NO9/c1-34-19-6-7-21(24(13-19)35-2)22(14-27(32)38-5)29-28(33)23(31)12-20(39-29)16-30-9-8-17-10-25(36-3)26(37-4)11-18(17)15-30/h6-7,10-13,22,33H,8-9,14-16H2,1-5H3/t22-/m0/s1. The van der Waals surface area contributed by atoms with Crippen LogP contribution in [-0.2, 0) is 29.0 Å². The molecular formula is C29H33NO9. The van der Waals surface area contributed by atoms with E-state index in [2.05, 4.69) is 4.90 Å². The number of aromatic hydroxyl groups is 1. The first kappa shape index (κ1) is 27.8. The molecule has 39 heavy (non-hydrogen) atoms. The molecule has 4 rings (SSSR count). The molecule has 0 saturated heterocycles. The molecule has 0 amide bonds. The molecule has 1 aromatic heterocycles. The Morgan fingerprint density at radius 3 is 2.28 bits per heavy atom. The summed E-state index contributed by atoms with van der Waals surface area (Å²) in [4.78, 5) is 27.4. The summed E-state index contributed by atoms with van der Waals surface area (Å²) >= 11 is 0. The first-order valence-corrected chi connectivity index (χ1v) is 12.4. The van der Waals surface area contributed by atoms with Crippen molar-refractivity contribution in [2.24, 2.45) is 0 Å². The highest BCUT2D eigenvalue weighted by atomic mass is 16.5. The zero-order valence-corrected chi connectivity index (χ0v) is 22.7. The fourth-order valence-electron chi connectivity index (χ4n) is 4.87. The minimum atomic E-state index is -0.843. The second-order valence-electron chi connectivity index (χ2n) is 9.17. The van der Waals surface area contributed by atoms with Gasteiger partial charge in [-0.05, 0) is 35.7 Å². The van der Waals surface area contributed by atoms with Gasteiger partial charge in [-0.25, -0.2) is 0 Å². The van der Waals surface area contributed by atoms with Crippen molar-refractivity contribution in [2.75, 3.05) is 42.1 Å². The maximum atomic E-state index is 12.9. The first-order chi connectivity index (χ1) is 18.8. The van der Waals surface area contributed by atoms with Gasteiger partial charge >= 0.3 is 5.97 Å². The Balaban J connectivity index is 1.69. The van der Waals surface area contributed by atoms with Crippen LogP contribution in [0, 0.1) is 0 Å². The lowest BCUT2D eigenvalue weighted by atomic mass is 9.91. The Morgan fingerprint density at radius 2 is 1.64 bits per heavy atom. The number of carbonyl (C=O) groups excluding carboxylic acids is 1. The van der Waals surface area contributed by atoms with Gasteiger partial charge in [0.15, 0.2) is 17.3 Å². The highest BCUT2D eigenvalue weighted by Crippen LogP contribution is 2.40. The minimum Gasteiger partial charge on any atom is -0.502 e. The number of methoxy groups -OCH3 is 5. The van der Waals surface area contributed by atoms with Crippen molar-refractivity contribution in [1.82, 2.24) is 4.90 Å². The zero-order chi connectivity index (χ0) is 28.1. The molecule has 208 valence electrons. The summed E-state index contributed by atoms with van der Waals surface area (Å²) in [5, 5.41) is 10.8. The minimum absolute atomic E-state index is 0.0322. The number of carbonyl (C=O) groups is 1. The third-order valence-electron chi connectivity index (χ3n) is 6.91. The Labute approximate surface area is 226 Å².